The molecule has 2 fully saturated rings. The van der Waals surface area contributed by atoms with Gasteiger partial charge in [-0.25, -0.2) is 9.07 Å². The lowest BCUT2D eigenvalue weighted by Gasteiger charge is -2.46. The molecule has 2 aromatic carbocycles. The fourth-order valence-corrected chi connectivity index (χ4v) is 6.78. The highest BCUT2D eigenvalue weighted by Crippen LogP contribution is 2.66. The molecule has 38 heavy (non-hydrogen) atoms. The van der Waals surface area contributed by atoms with Crippen molar-refractivity contribution < 1.29 is 19.1 Å². The number of rotatable bonds is 8. The molecule has 0 spiro atoms. The van der Waals surface area contributed by atoms with Gasteiger partial charge >= 0.3 is 0 Å². The first-order valence-corrected chi connectivity index (χ1v) is 13.2. The molecule has 1 heterocycles. The van der Waals surface area contributed by atoms with Gasteiger partial charge in [0.2, 0.25) is 5.91 Å². The number of carbonyl (C=O) groups excluding carboxylic acids is 2. The van der Waals surface area contributed by atoms with Crippen molar-refractivity contribution in [1.82, 2.24) is 15.1 Å². The number of halogens is 1. The Labute approximate surface area is 220 Å². The predicted octanol–water partition coefficient (Wildman–Crippen LogP) is 3.72. The molecular formula is C30H31FN4O3. The molecule has 0 radical (unpaired) electrons. The highest BCUT2D eigenvalue weighted by atomic mass is 19.1. The minimum absolute atomic E-state index is 0.218. The molecule has 0 saturated heterocycles. The quantitative estimate of drug-likeness (QED) is 0.426. The maximum absolute atomic E-state index is 13.5. The maximum Gasteiger partial charge on any atom is 0.251 e. The maximum atomic E-state index is 13.5. The Morgan fingerprint density at radius 2 is 1.92 bits per heavy atom. The highest BCUT2D eigenvalue weighted by Gasteiger charge is 2.63. The van der Waals surface area contributed by atoms with Crippen molar-refractivity contribution in [2.45, 2.75) is 50.5 Å². The Morgan fingerprint density at radius 3 is 2.66 bits per heavy atom. The van der Waals surface area contributed by atoms with E-state index in [0.29, 0.717) is 30.7 Å². The van der Waals surface area contributed by atoms with Gasteiger partial charge in [0, 0.05) is 11.0 Å². The molecule has 6 rings (SSSR count). The van der Waals surface area contributed by atoms with Crippen molar-refractivity contribution in [3.63, 3.8) is 0 Å². The monoisotopic (exact) mass is 514 g/mol. The molecule has 196 valence electrons. The first-order chi connectivity index (χ1) is 18.3. The van der Waals surface area contributed by atoms with Crippen molar-refractivity contribution in [3.8, 4) is 5.69 Å². The van der Waals surface area contributed by atoms with Gasteiger partial charge in [-0.2, -0.15) is 5.10 Å². The average molecular weight is 515 g/mol. The van der Waals surface area contributed by atoms with E-state index in [9.17, 15) is 19.1 Å². The van der Waals surface area contributed by atoms with Gasteiger partial charge in [0.15, 0.2) is 0 Å². The summed E-state index contributed by atoms with van der Waals surface area (Å²) in [4.78, 5) is 23.8. The topological polar surface area (TPSA) is 110 Å². The summed E-state index contributed by atoms with van der Waals surface area (Å²) in [5.74, 6) is -0.807. The van der Waals surface area contributed by atoms with E-state index in [1.54, 1.807) is 24.3 Å². The van der Waals surface area contributed by atoms with Crippen LogP contribution in [-0.2, 0) is 17.6 Å². The van der Waals surface area contributed by atoms with Gasteiger partial charge in [0.05, 0.1) is 29.7 Å². The number of primary amides is 1. The lowest BCUT2D eigenvalue weighted by Crippen LogP contribution is -2.49. The summed E-state index contributed by atoms with van der Waals surface area (Å²) in [7, 11) is 0. The molecular weight excluding hydrogens is 483 g/mol. The van der Waals surface area contributed by atoms with Gasteiger partial charge < -0.3 is 16.2 Å². The molecule has 7 nitrogen and oxygen atoms in total. The molecule has 2 amide bonds. The van der Waals surface area contributed by atoms with Gasteiger partial charge in [-0.05, 0) is 98.4 Å². The summed E-state index contributed by atoms with van der Waals surface area (Å²) in [5, 5.41) is 19.5. The van der Waals surface area contributed by atoms with Crippen LogP contribution in [0.3, 0.4) is 0 Å². The Kier molecular flexibility index (Phi) is 5.94. The summed E-state index contributed by atoms with van der Waals surface area (Å²) < 4.78 is 15.4. The number of fused-ring (bicyclic) bond motifs is 2. The smallest absolute Gasteiger partial charge is 0.251 e. The molecule has 8 heteroatoms. The van der Waals surface area contributed by atoms with Crippen molar-refractivity contribution in [1.29, 1.82) is 0 Å². The molecule has 1 aromatic heterocycles. The van der Waals surface area contributed by atoms with E-state index in [1.165, 1.54) is 17.7 Å². The molecule has 2 saturated carbocycles. The number of amides is 2. The van der Waals surface area contributed by atoms with Crippen molar-refractivity contribution in [2.24, 2.45) is 17.1 Å². The normalized spacial score (nSPS) is 23.9. The number of hydrogen-bond donors (Lipinski definition) is 3. The molecule has 0 aliphatic heterocycles. The zero-order chi connectivity index (χ0) is 26.5. The Bertz CT molecular complexity index is 1440. The summed E-state index contributed by atoms with van der Waals surface area (Å²) in [6, 6.07) is 13.7. The van der Waals surface area contributed by atoms with E-state index >= 15 is 0 Å². The van der Waals surface area contributed by atoms with Crippen LogP contribution in [0.15, 0.2) is 60.3 Å². The Hall–Kier alpha value is -3.78. The zero-order valence-corrected chi connectivity index (χ0v) is 21.1. The minimum atomic E-state index is -0.910. The zero-order valence-electron chi connectivity index (χ0n) is 21.1. The number of hydrogen-bond acceptors (Lipinski definition) is 4. The van der Waals surface area contributed by atoms with Crippen LogP contribution >= 0.6 is 0 Å². The molecule has 3 aliphatic carbocycles. The molecule has 0 bridgehead atoms. The second-order valence-electron chi connectivity index (χ2n) is 10.9. The highest BCUT2D eigenvalue weighted by molar-refractivity contribution is 5.97. The third kappa shape index (κ3) is 4.04. The molecule has 3 aromatic rings. The van der Waals surface area contributed by atoms with Crippen molar-refractivity contribution in [2.75, 3.05) is 6.54 Å². The molecule has 0 unspecified atom stereocenters. The lowest BCUT2D eigenvalue weighted by molar-refractivity contribution is -0.117. The van der Waals surface area contributed by atoms with E-state index in [0.717, 1.165) is 48.2 Å². The van der Waals surface area contributed by atoms with Crippen LogP contribution in [0.25, 0.3) is 11.8 Å². The predicted molar refractivity (Wildman–Crippen MR) is 141 cm³/mol. The second kappa shape index (κ2) is 9.20. The van der Waals surface area contributed by atoms with Gasteiger partial charge in [-0.1, -0.05) is 23.8 Å². The van der Waals surface area contributed by atoms with E-state index in [4.69, 9.17) is 5.73 Å². The standard InChI is InChI=1S/C30H31FN4O3/c31-23-7-9-24(10-8-23)35-26-15-22-12-14-29(38,30(22,21-5-6-21)16-20(26)17-34-35)13-11-19-3-1-2-4-25(19)28(37)33-18-27(32)36/h1-4,7-10,15,17,21,38H,5-6,11-14,16,18H2,(H2,32,36)(H,33,37)/t29-,30+/m0/s1. The summed E-state index contributed by atoms with van der Waals surface area (Å²) in [6.07, 6.45) is 9.53. The first-order valence-electron chi connectivity index (χ1n) is 13.2. The number of carbonyl (C=O) groups is 2. The second-order valence-corrected chi connectivity index (χ2v) is 10.9. The van der Waals surface area contributed by atoms with E-state index < -0.39 is 11.5 Å². The Balaban J connectivity index is 1.29. The van der Waals surface area contributed by atoms with Crippen LogP contribution in [0.1, 0.15) is 59.3 Å². The number of aryl methyl sites for hydroxylation is 1. The Morgan fingerprint density at radius 1 is 1.16 bits per heavy atom. The van der Waals surface area contributed by atoms with Gasteiger partial charge in [0.1, 0.15) is 5.82 Å². The van der Waals surface area contributed by atoms with Gasteiger partial charge in [-0.15, -0.1) is 0 Å². The van der Waals surface area contributed by atoms with E-state index in [2.05, 4.69) is 16.5 Å². The van der Waals surface area contributed by atoms with Crippen molar-refractivity contribution in [3.05, 3.63) is 88.5 Å². The van der Waals surface area contributed by atoms with Crippen LogP contribution in [0.4, 0.5) is 4.39 Å². The van der Waals surface area contributed by atoms with E-state index in [1.807, 2.05) is 23.0 Å². The van der Waals surface area contributed by atoms with Crippen LogP contribution in [0, 0.1) is 17.2 Å². The van der Waals surface area contributed by atoms with Crippen LogP contribution < -0.4 is 11.1 Å². The minimum Gasteiger partial charge on any atom is -0.389 e. The fraction of sp³-hybridized carbons (Fsp3) is 0.367. The third-order valence-electron chi connectivity index (χ3n) is 8.72. The number of benzene rings is 2. The van der Waals surface area contributed by atoms with Gasteiger partial charge in [-0.3, -0.25) is 9.59 Å². The summed E-state index contributed by atoms with van der Waals surface area (Å²) >= 11 is 0. The van der Waals surface area contributed by atoms with E-state index in [-0.39, 0.29) is 23.7 Å². The summed E-state index contributed by atoms with van der Waals surface area (Å²) in [5.41, 5.74) is 9.44. The number of nitrogens with one attached hydrogen (secondary N) is 1. The summed E-state index contributed by atoms with van der Waals surface area (Å²) in [6.45, 7) is -0.218. The van der Waals surface area contributed by atoms with Crippen molar-refractivity contribution >= 4 is 17.9 Å². The van der Waals surface area contributed by atoms with Gasteiger partial charge in [0.25, 0.3) is 5.91 Å². The third-order valence-corrected chi connectivity index (χ3v) is 8.72. The van der Waals surface area contributed by atoms with Crippen LogP contribution in [0.2, 0.25) is 0 Å². The largest absolute Gasteiger partial charge is 0.389 e. The fourth-order valence-electron chi connectivity index (χ4n) is 6.78. The number of aromatic nitrogens is 2. The molecule has 3 aliphatic rings. The van der Waals surface area contributed by atoms with Crippen LogP contribution in [0.5, 0.6) is 0 Å². The number of aliphatic hydroxyl groups is 1. The molecule has 2 atom stereocenters. The first kappa shape index (κ1) is 24.6. The molecule has 4 N–H and O–H groups in total. The average Bonchev–Trinajstić information content (AvgIpc) is 3.63. The SMILES string of the molecule is NC(=O)CNC(=O)c1ccccc1CC[C@]1(O)CCC2=Cc3c(cnn3-c3ccc(F)cc3)C[C@@]21C1CC1. The number of nitrogens with zero attached hydrogens (tertiary/aromatic N) is 2. The lowest BCUT2D eigenvalue weighted by atomic mass is 9.61. The number of nitrogens with two attached hydrogens (primary N) is 1. The van der Waals surface area contributed by atoms with Crippen LogP contribution in [-0.4, -0.2) is 38.8 Å².